The van der Waals surface area contributed by atoms with Crippen molar-refractivity contribution in [3.63, 3.8) is 0 Å². The van der Waals surface area contributed by atoms with E-state index in [-0.39, 0.29) is 5.91 Å². The monoisotopic (exact) mass is 289 g/mol. The van der Waals surface area contributed by atoms with E-state index in [0.29, 0.717) is 23.3 Å². The third-order valence-electron chi connectivity index (χ3n) is 5.02. The maximum atomic E-state index is 12.1. The fourth-order valence-corrected chi connectivity index (χ4v) is 3.15. The van der Waals surface area contributed by atoms with E-state index in [1.54, 1.807) is 6.07 Å². The van der Waals surface area contributed by atoms with Crippen LogP contribution in [0.5, 0.6) is 0 Å². The average molecular weight is 289 g/mol. The largest absolute Gasteiger partial charge is 0.397 e. The van der Waals surface area contributed by atoms with Gasteiger partial charge in [-0.05, 0) is 43.5 Å². The molecule has 1 saturated heterocycles. The topological polar surface area (TPSA) is 58.4 Å². The van der Waals surface area contributed by atoms with E-state index in [4.69, 9.17) is 5.73 Å². The van der Waals surface area contributed by atoms with Gasteiger partial charge in [-0.25, -0.2) is 0 Å². The summed E-state index contributed by atoms with van der Waals surface area (Å²) in [6.45, 7) is 7.05. The molecule has 1 amide bonds. The van der Waals surface area contributed by atoms with E-state index in [9.17, 15) is 4.79 Å². The molecule has 1 fully saturated rings. The van der Waals surface area contributed by atoms with E-state index < -0.39 is 0 Å². The zero-order valence-corrected chi connectivity index (χ0v) is 13.2. The second-order valence-electron chi connectivity index (χ2n) is 6.12. The van der Waals surface area contributed by atoms with Crippen molar-refractivity contribution in [2.24, 2.45) is 5.41 Å². The third kappa shape index (κ3) is 3.97. The number of hydrogen-bond acceptors (Lipinski definition) is 3. The van der Waals surface area contributed by atoms with Crippen molar-refractivity contribution in [2.45, 2.75) is 39.5 Å². The summed E-state index contributed by atoms with van der Waals surface area (Å²) in [6.07, 6.45) is 4.87. The number of amides is 1. The van der Waals surface area contributed by atoms with Crippen LogP contribution in [0.4, 0.5) is 11.4 Å². The van der Waals surface area contributed by atoms with Crippen LogP contribution in [0.2, 0.25) is 0 Å². The number of nitrogens with zero attached hydrogens (tertiary/aromatic N) is 1. The Kier molecular flexibility index (Phi) is 5.23. The third-order valence-corrected chi connectivity index (χ3v) is 5.02. The normalized spacial score (nSPS) is 18.4. The summed E-state index contributed by atoms with van der Waals surface area (Å²) >= 11 is 0. The van der Waals surface area contributed by atoms with Crippen molar-refractivity contribution in [1.29, 1.82) is 0 Å². The van der Waals surface area contributed by atoms with Gasteiger partial charge in [-0.3, -0.25) is 9.69 Å². The molecule has 1 heterocycles. The molecule has 2 rings (SSSR count). The highest BCUT2D eigenvalue weighted by Crippen LogP contribution is 2.37. The Balaban J connectivity index is 1.84. The van der Waals surface area contributed by atoms with Crippen LogP contribution < -0.4 is 11.1 Å². The van der Waals surface area contributed by atoms with E-state index in [2.05, 4.69) is 24.1 Å². The first kappa shape index (κ1) is 15.8. The van der Waals surface area contributed by atoms with E-state index >= 15 is 0 Å². The minimum atomic E-state index is 0.0217. The van der Waals surface area contributed by atoms with Crippen LogP contribution in [0.15, 0.2) is 24.3 Å². The van der Waals surface area contributed by atoms with Gasteiger partial charge in [0.2, 0.25) is 5.91 Å². The van der Waals surface area contributed by atoms with Gasteiger partial charge >= 0.3 is 0 Å². The van der Waals surface area contributed by atoms with Crippen molar-refractivity contribution >= 4 is 17.3 Å². The van der Waals surface area contributed by atoms with Crippen molar-refractivity contribution in [1.82, 2.24) is 4.90 Å². The lowest BCUT2D eigenvalue weighted by Crippen LogP contribution is -2.43. The Morgan fingerprint density at radius 1 is 1.24 bits per heavy atom. The van der Waals surface area contributed by atoms with Crippen molar-refractivity contribution in [2.75, 3.05) is 30.7 Å². The molecule has 1 aliphatic heterocycles. The highest BCUT2D eigenvalue weighted by atomic mass is 16.2. The molecule has 1 aromatic rings. The molecule has 1 aromatic carbocycles. The first-order chi connectivity index (χ1) is 10.1. The molecule has 3 N–H and O–H groups in total. The summed E-state index contributed by atoms with van der Waals surface area (Å²) < 4.78 is 0. The number of benzene rings is 1. The molecule has 0 saturated carbocycles. The van der Waals surface area contributed by atoms with E-state index in [0.717, 1.165) is 13.1 Å². The summed E-state index contributed by atoms with van der Waals surface area (Å²) in [5.74, 6) is 0.0217. The predicted octanol–water partition coefficient (Wildman–Crippen LogP) is 3.11. The van der Waals surface area contributed by atoms with Crippen molar-refractivity contribution in [3.05, 3.63) is 24.3 Å². The van der Waals surface area contributed by atoms with Gasteiger partial charge in [-0.15, -0.1) is 0 Å². The lowest BCUT2D eigenvalue weighted by molar-refractivity contribution is -0.117. The maximum absolute atomic E-state index is 12.1. The molecule has 0 aromatic heterocycles. The minimum absolute atomic E-state index is 0.0217. The van der Waals surface area contributed by atoms with Gasteiger partial charge in [0.1, 0.15) is 0 Å². The number of nitrogens with one attached hydrogen (secondary N) is 1. The molecule has 0 bridgehead atoms. The average Bonchev–Trinajstić information content (AvgIpc) is 2.51. The van der Waals surface area contributed by atoms with Crippen LogP contribution in [-0.4, -0.2) is 30.4 Å². The molecular weight excluding hydrogens is 262 g/mol. The molecular formula is C17H27N3O. The first-order valence-electron chi connectivity index (χ1n) is 7.95. The van der Waals surface area contributed by atoms with Crippen LogP contribution in [0.3, 0.4) is 0 Å². The SMILES string of the molecule is CCC1(CC)CCN(CC(=O)Nc2ccccc2N)CC1. The Bertz CT molecular complexity index is 473. The van der Waals surface area contributed by atoms with Crippen molar-refractivity contribution in [3.8, 4) is 0 Å². The Morgan fingerprint density at radius 3 is 2.43 bits per heavy atom. The number of anilines is 2. The molecule has 0 spiro atoms. The number of likely N-dealkylation sites (tertiary alicyclic amines) is 1. The maximum Gasteiger partial charge on any atom is 0.238 e. The number of nitrogens with two attached hydrogens (primary N) is 1. The number of hydrogen-bond donors (Lipinski definition) is 2. The second kappa shape index (κ2) is 6.94. The summed E-state index contributed by atoms with van der Waals surface area (Å²) in [4.78, 5) is 14.4. The summed E-state index contributed by atoms with van der Waals surface area (Å²) in [5, 5.41) is 2.90. The molecule has 0 aliphatic carbocycles. The summed E-state index contributed by atoms with van der Waals surface area (Å²) in [5.41, 5.74) is 7.66. The van der Waals surface area contributed by atoms with Crippen molar-refractivity contribution < 1.29 is 4.79 Å². The van der Waals surface area contributed by atoms with Gasteiger partial charge in [0.25, 0.3) is 0 Å². The van der Waals surface area contributed by atoms with Gasteiger partial charge < -0.3 is 11.1 Å². The first-order valence-corrected chi connectivity index (χ1v) is 7.95. The molecule has 0 radical (unpaired) electrons. The molecule has 0 unspecified atom stereocenters. The Labute approximate surface area is 127 Å². The lowest BCUT2D eigenvalue weighted by atomic mass is 9.74. The Morgan fingerprint density at radius 2 is 1.86 bits per heavy atom. The van der Waals surface area contributed by atoms with E-state index in [1.807, 2.05) is 18.2 Å². The molecule has 116 valence electrons. The summed E-state index contributed by atoms with van der Waals surface area (Å²) in [7, 11) is 0. The highest BCUT2D eigenvalue weighted by molar-refractivity contribution is 5.95. The van der Waals surface area contributed by atoms with E-state index in [1.165, 1.54) is 25.7 Å². The quantitative estimate of drug-likeness (QED) is 0.819. The van der Waals surface area contributed by atoms with Gasteiger partial charge in [-0.1, -0.05) is 38.8 Å². The summed E-state index contributed by atoms with van der Waals surface area (Å²) in [6, 6.07) is 7.38. The zero-order valence-electron chi connectivity index (χ0n) is 13.2. The number of carbonyl (C=O) groups is 1. The number of carbonyl (C=O) groups excluding carboxylic acids is 1. The molecule has 21 heavy (non-hydrogen) atoms. The second-order valence-corrected chi connectivity index (χ2v) is 6.12. The Hall–Kier alpha value is -1.55. The van der Waals surface area contributed by atoms with Crippen LogP contribution >= 0.6 is 0 Å². The van der Waals surface area contributed by atoms with Crippen LogP contribution in [-0.2, 0) is 4.79 Å². The van der Waals surface area contributed by atoms with Crippen LogP contribution in [0.1, 0.15) is 39.5 Å². The predicted molar refractivity (Wildman–Crippen MR) is 88.2 cm³/mol. The lowest BCUT2D eigenvalue weighted by Gasteiger charge is -2.40. The number of piperidine rings is 1. The molecule has 4 nitrogen and oxygen atoms in total. The van der Waals surface area contributed by atoms with Gasteiger partial charge in [-0.2, -0.15) is 0 Å². The number of para-hydroxylation sites is 2. The zero-order chi connectivity index (χ0) is 15.3. The van der Waals surface area contributed by atoms with Crippen LogP contribution in [0, 0.1) is 5.41 Å². The fraction of sp³-hybridized carbons (Fsp3) is 0.588. The van der Waals surface area contributed by atoms with Gasteiger partial charge in [0, 0.05) is 0 Å². The number of nitrogen functional groups attached to an aromatic ring is 1. The number of rotatable bonds is 5. The fourth-order valence-electron chi connectivity index (χ4n) is 3.15. The molecule has 4 heteroatoms. The standard InChI is InChI=1S/C17H27N3O/c1-3-17(4-2)9-11-20(12-10-17)13-16(21)19-15-8-6-5-7-14(15)18/h5-8H,3-4,9-13,18H2,1-2H3,(H,19,21). The highest BCUT2D eigenvalue weighted by Gasteiger charge is 2.31. The minimum Gasteiger partial charge on any atom is -0.397 e. The molecule has 1 aliphatic rings. The molecule has 0 atom stereocenters. The van der Waals surface area contributed by atoms with Crippen LogP contribution in [0.25, 0.3) is 0 Å². The van der Waals surface area contributed by atoms with Gasteiger partial charge in [0.05, 0.1) is 17.9 Å². The smallest absolute Gasteiger partial charge is 0.238 e. The van der Waals surface area contributed by atoms with Gasteiger partial charge in [0.15, 0.2) is 0 Å².